The number of carbonyl (C=O) groups is 1. The summed E-state index contributed by atoms with van der Waals surface area (Å²) in [5.74, 6) is 0.454. The number of halogens is 1. The molecule has 1 aliphatic heterocycles. The van der Waals surface area contributed by atoms with Crippen LogP contribution in [0.3, 0.4) is 0 Å². The molecule has 2 rings (SSSR count). The molecule has 6 nitrogen and oxygen atoms in total. The van der Waals surface area contributed by atoms with Gasteiger partial charge in [-0.25, -0.2) is 9.38 Å². The third kappa shape index (κ3) is 6.54. The molecule has 1 aromatic carbocycles. The zero-order valence-corrected chi connectivity index (χ0v) is 15.6. The third-order valence-electron chi connectivity index (χ3n) is 4.15. The minimum atomic E-state index is -0.382. The van der Waals surface area contributed by atoms with Crippen LogP contribution >= 0.6 is 0 Å². The third-order valence-corrected chi connectivity index (χ3v) is 4.15. The van der Waals surface area contributed by atoms with E-state index >= 15 is 0 Å². The summed E-state index contributed by atoms with van der Waals surface area (Å²) in [5.41, 5.74) is 0. The van der Waals surface area contributed by atoms with Crippen LogP contribution in [-0.4, -0.2) is 55.6 Å². The largest absolute Gasteiger partial charge is 0.486 e. The van der Waals surface area contributed by atoms with Crippen molar-refractivity contribution in [3.05, 3.63) is 30.1 Å². The average molecular weight is 364 g/mol. The molecule has 0 bridgehead atoms. The van der Waals surface area contributed by atoms with Gasteiger partial charge in [-0.15, -0.1) is 0 Å². The van der Waals surface area contributed by atoms with Gasteiger partial charge in [0.05, 0.1) is 6.54 Å². The number of benzene rings is 1. The Morgan fingerprint density at radius 3 is 2.69 bits per heavy atom. The van der Waals surface area contributed by atoms with Crippen LogP contribution in [0.5, 0.6) is 5.75 Å². The minimum Gasteiger partial charge on any atom is -0.486 e. The monoisotopic (exact) mass is 364 g/mol. The molecule has 0 aromatic heterocycles. The molecule has 0 spiro atoms. The zero-order chi connectivity index (χ0) is 18.8. The van der Waals surface area contributed by atoms with Crippen molar-refractivity contribution in [3.63, 3.8) is 0 Å². The molecule has 1 unspecified atom stereocenters. The lowest BCUT2D eigenvalue weighted by atomic mass is 10.1. The summed E-state index contributed by atoms with van der Waals surface area (Å²) in [7, 11) is 0. The molecule has 1 atom stereocenters. The van der Waals surface area contributed by atoms with Gasteiger partial charge in [-0.1, -0.05) is 12.1 Å². The van der Waals surface area contributed by atoms with Crippen LogP contribution in [0.1, 0.15) is 33.1 Å². The van der Waals surface area contributed by atoms with Crippen molar-refractivity contribution in [2.75, 3.05) is 32.7 Å². The Bertz CT molecular complexity index is 603. The lowest BCUT2D eigenvalue weighted by Gasteiger charge is -2.26. The number of hydrogen-bond acceptors (Lipinski definition) is 3. The number of piperidine rings is 1. The Morgan fingerprint density at radius 1 is 1.27 bits per heavy atom. The van der Waals surface area contributed by atoms with Crippen molar-refractivity contribution in [3.8, 4) is 5.75 Å². The highest BCUT2D eigenvalue weighted by Crippen LogP contribution is 2.16. The number of carbonyl (C=O) groups excluding carboxylic acids is 1. The maximum absolute atomic E-state index is 13.6. The van der Waals surface area contributed by atoms with Crippen molar-refractivity contribution in [2.45, 2.75) is 39.2 Å². The smallest absolute Gasteiger partial charge is 0.244 e. The number of ether oxygens (including phenoxy) is 1. The molecule has 1 fully saturated rings. The van der Waals surface area contributed by atoms with Crippen molar-refractivity contribution >= 4 is 11.9 Å². The summed E-state index contributed by atoms with van der Waals surface area (Å²) >= 11 is 0. The standard InChI is InChI=1S/C19H29FN4O2/c1-3-21-19(23-14-18(25)24-11-7-4-8-12-24)22-13-15(2)26-17-10-6-5-9-16(17)20/h5-6,9-10,15H,3-4,7-8,11-14H2,1-2H3,(H2,21,22,23). The number of hydrogen-bond donors (Lipinski definition) is 2. The number of amides is 1. The fraction of sp³-hybridized carbons (Fsp3) is 0.579. The molecular formula is C19H29FN4O2. The lowest BCUT2D eigenvalue weighted by molar-refractivity contribution is -0.130. The number of para-hydroxylation sites is 1. The number of nitrogens with zero attached hydrogens (tertiary/aromatic N) is 2. The Labute approximate surface area is 154 Å². The molecule has 144 valence electrons. The van der Waals surface area contributed by atoms with E-state index < -0.39 is 0 Å². The van der Waals surface area contributed by atoms with E-state index in [1.54, 1.807) is 18.2 Å². The van der Waals surface area contributed by atoms with Gasteiger partial charge in [-0.2, -0.15) is 0 Å². The van der Waals surface area contributed by atoms with E-state index in [2.05, 4.69) is 15.6 Å². The van der Waals surface area contributed by atoms with Crippen LogP contribution in [0.4, 0.5) is 4.39 Å². The minimum absolute atomic E-state index is 0.0533. The first-order valence-corrected chi connectivity index (χ1v) is 9.31. The topological polar surface area (TPSA) is 66.0 Å². The van der Waals surface area contributed by atoms with Crippen molar-refractivity contribution in [1.82, 2.24) is 15.5 Å². The van der Waals surface area contributed by atoms with Gasteiger partial charge in [0, 0.05) is 19.6 Å². The quantitative estimate of drug-likeness (QED) is 0.575. The Morgan fingerprint density at radius 2 is 2.00 bits per heavy atom. The highest BCUT2D eigenvalue weighted by Gasteiger charge is 2.16. The molecule has 0 aliphatic carbocycles. The first-order valence-electron chi connectivity index (χ1n) is 9.31. The van der Waals surface area contributed by atoms with E-state index in [9.17, 15) is 9.18 Å². The predicted molar refractivity (Wildman–Crippen MR) is 101 cm³/mol. The molecule has 0 radical (unpaired) electrons. The van der Waals surface area contributed by atoms with Gasteiger partial charge in [-0.3, -0.25) is 4.79 Å². The summed E-state index contributed by atoms with van der Waals surface area (Å²) < 4.78 is 19.2. The number of nitrogens with one attached hydrogen (secondary N) is 2. The van der Waals surface area contributed by atoms with E-state index in [0.29, 0.717) is 19.0 Å². The first kappa shape index (κ1) is 20.0. The number of guanidine groups is 1. The van der Waals surface area contributed by atoms with Gasteiger partial charge in [-0.05, 0) is 45.2 Å². The van der Waals surface area contributed by atoms with E-state index in [4.69, 9.17) is 4.74 Å². The summed E-state index contributed by atoms with van der Waals surface area (Å²) in [5, 5.41) is 6.25. The molecule has 2 N–H and O–H groups in total. The molecule has 1 amide bonds. The molecule has 1 aromatic rings. The van der Waals surface area contributed by atoms with Gasteiger partial charge in [0.15, 0.2) is 17.5 Å². The van der Waals surface area contributed by atoms with Crippen LogP contribution in [0.25, 0.3) is 0 Å². The highest BCUT2D eigenvalue weighted by molar-refractivity contribution is 5.85. The first-order chi connectivity index (χ1) is 12.6. The van der Waals surface area contributed by atoms with E-state index in [1.165, 1.54) is 12.5 Å². The number of rotatable bonds is 7. The fourth-order valence-corrected chi connectivity index (χ4v) is 2.77. The second-order valence-electron chi connectivity index (χ2n) is 6.38. The normalized spacial score (nSPS) is 16.1. The predicted octanol–water partition coefficient (Wildman–Crippen LogP) is 2.16. The number of aliphatic imine (C=N–C) groups is 1. The van der Waals surface area contributed by atoms with Crippen LogP contribution in [0, 0.1) is 5.82 Å². The van der Waals surface area contributed by atoms with Gasteiger partial charge < -0.3 is 20.3 Å². The second-order valence-corrected chi connectivity index (χ2v) is 6.38. The lowest BCUT2D eigenvalue weighted by Crippen LogP contribution is -2.43. The molecule has 26 heavy (non-hydrogen) atoms. The Kier molecular flexibility index (Phi) is 8.18. The molecule has 0 saturated carbocycles. The molecular weight excluding hydrogens is 335 g/mol. The Hall–Kier alpha value is -2.31. The summed E-state index contributed by atoms with van der Waals surface area (Å²) in [4.78, 5) is 18.5. The maximum atomic E-state index is 13.6. The SMILES string of the molecule is CCNC(=NCC(=O)N1CCCCC1)NCC(C)Oc1ccccc1F. The average Bonchev–Trinajstić information content (AvgIpc) is 2.66. The van der Waals surface area contributed by atoms with Crippen LogP contribution in [0.15, 0.2) is 29.3 Å². The zero-order valence-electron chi connectivity index (χ0n) is 15.6. The summed E-state index contributed by atoms with van der Waals surface area (Å²) in [6.45, 7) is 6.71. The second kappa shape index (κ2) is 10.6. The van der Waals surface area contributed by atoms with Crippen molar-refractivity contribution in [1.29, 1.82) is 0 Å². The van der Waals surface area contributed by atoms with E-state index in [0.717, 1.165) is 25.9 Å². The van der Waals surface area contributed by atoms with Gasteiger partial charge in [0.25, 0.3) is 0 Å². The maximum Gasteiger partial charge on any atom is 0.244 e. The fourth-order valence-electron chi connectivity index (χ4n) is 2.77. The van der Waals surface area contributed by atoms with Crippen LogP contribution in [0.2, 0.25) is 0 Å². The van der Waals surface area contributed by atoms with Gasteiger partial charge in [0.2, 0.25) is 5.91 Å². The molecule has 1 saturated heterocycles. The molecule has 7 heteroatoms. The number of likely N-dealkylation sites (tertiary alicyclic amines) is 1. The van der Waals surface area contributed by atoms with Crippen LogP contribution < -0.4 is 15.4 Å². The molecule has 1 aliphatic rings. The Balaban J connectivity index is 1.82. The molecule has 1 heterocycles. The van der Waals surface area contributed by atoms with Crippen molar-refractivity contribution in [2.24, 2.45) is 4.99 Å². The summed E-state index contributed by atoms with van der Waals surface area (Å²) in [6, 6.07) is 6.33. The van der Waals surface area contributed by atoms with Gasteiger partial charge in [0.1, 0.15) is 12.6 Å². The van der Waals surface area contributed by atoms with Crippen LogP contribution in [-0.2, 0) is 4.79 Å². The van der Waals surface area contributed by atoms with Crippen molar-refractivity contribution < 1.29 is 13.9 Å². The van der Waals surface area contributed by atoms with Gasteiger partial charge >= 0.3 is 0 Å². The summed E-state index contributed by atoms with van der Waals surface area (Å²) in [6.07, 6.45) is 3.07. The van der Waals surface area contributed by atoms with E-state index in [1.807, 2.05) is 18.7 Å². The van der Waals surface area contributed by atoms with E-state index in [-0.39, 0.29) is 30.1 Å². The highest BCUT2D eigenvalue weighted by atomic mass is 19.1.